The number of nitrogen functional groups attached to an aromatic ring is 1. The van der Waals surface area contributed by atoms with Crippen molar-refractivity contribution in [3.8, 4) is 5.75 Å². The van der Waals surface area contributed by atoms with Crippen molar-refractivity contribution in [1.82, 2.24) is 14.7 Å². The molecule has 0 fully saturated rings. The van der Waals surface area contributed by atoms with Gasteiger partial charge in [-0.05, 0) is 18.2 Å². The van der Waals surface area contributed by atoms with Gasteiger partial charge in [-0.1, -0.05) is 0 Å². The van der Waals surface area contributed by atoms with Crippen molar-refractivity contribution < 1.29 is 13.2 Å². The number of rotatable bonds is 5. The van der Waals surface area contributed by atoms with Crippen LogP contribution in [0.3, 0.4) is 0 Å². The molecular weight excluding hydrogens is 280 g/mol. The molecule has 106 valence electrons. The second-order valence-electron chi connectivity index (χ2n) is 3.93. The fourth-order valence-electron chi connectivity index (χ4n) is 1.57. The summed E-state index contributed by atoms with van der Waals surface area (Å²) in [7, 11) is -2.22. The van der Waals surface area contributed by atoms with Crippen LogP contribution in [-0.4, -0.2) is 25.5 Å². The van der Waals surface area contributed by atoms with Gasteiger partial charge in [-0.3, -0.25) is 0 Å². The van der Waals surface area contributed by atoms with Crippen molar-refractivity contribution >= 4 is 15.7 Å². The molecule has 2 aromatic rings. The number of benzene rings is 1. The van der Waals surface area contributed by atoms with E-state index < -0.39 is 10.0 Å². The fourth-order valence-corrected chi connectivity index (χ4v) is 2.68. The molecule has 0 aliphatic heterocycles. The average molecular weight is 294 g/mol. The Hall–Kier alpha value is -2.19. The highest BCUT2D eigenvalue weighted by atomic mass is 32.2. The SMILES string of the molecule is COc1ccc(S(=O)(=O)NCc2ccncn2)c(N)c1. The number of hydrogen-bond acceptors (Lipinski definition) is 6. The summed E-state index contributed by atoms with van der Waals surface area (Å²) < 4.78 is 31.7. The minimum Gasteiger partial charge on any atom is -0.497 e. The molecule has 0 saturated heterocycles. The van der Waals surface area contributed by atoms with Crippen LogP contribution in [0, 0.1) is 0 Å². The number of aromatic nitrogens is 2. The molecule has 0 bridgehead atoms. The number of nitrogens with two attached hydrogens (primary N) is 1. The molecule has 1 aromatic carbocycles. The second-order valence-corrected chi connectivity index (χ2v) is 5.66. The van der Waals surface area contributed by atoms with Crippen molar-refractivity contribution in [2.45, 2.75) is 11.4 Å². The Morgan fingerprint density at radius 1 is 1.35 bits per heavy atom. The van der Waals surface area contributed by atoms with E-state index in [0.717, 1.165) is 0 Å². The van der Waals surface area contributed by atoms with E-state index in [4.69, 9.17) is 10.5 Å². The molecule has 0 aliphatic rings. The number of sulfonamides is 1. The van der Waals surface area contributed by atoms with Gasteiger partial charge in [0, 0.05) is 12.3 Å². The number of ether oxygens (including phenoxy) is 1. The molecule has 0 radical (unpaired) electrons. The predicted octanol–water partition coefficient (Wildman–Crippen LogP) is 0.546. The normalized spacial score (nSPS) is 11.2. The van der Waals surface area contributed by atoms with Crippen LogP contribution in [0.1, 0.15) is 5.69 Å². The molecule has 2 rings (SSSR count). The molecule has 0 unspecified atom stereocenters. The van der Waals surface area contributed by atoms with Crippen LogP contribution in [0.25, 0.3) is 0 Å². The van der Waals surface area contributed by atoms with Gasteiger partial charge in [0.15, 0.2) is 0 Å². The third-order valence-electron chi connectivity index (χ3n) is 2.59. The highest BCUT2D eigenvalue weighted by Gasteiger charge is 2.17. The molecule has 0 amide bonds. The van der Waals surface area contributed by atoms with Crippen LogP contribution in [0.2, 0.25) is 0 Å². The van der Waals surface area contributed by atoms with Crippen LogP contribution in [0.15, 0.2) is 41.7 Å². The number of nitrogens with one attached hydrogen (secondary N) is 1. The van der Waals surface area contributed by atoms with Crippen molar-refractivity contribution in [1.29, 1.82) is 0 Å². The van der Waals surface area contributed by atoms with Gasteiger partial charge in [0.1, 0.15) is 17.0 Å². The molecular formula is C12H14N4O3S. The maximum atomic E-state index is 12.2. The lowest BCUT2D eigenvalue weighted by atomic mass is 10.3. The van der Waals surface area contributed by atoms with Gasteiger partial charge in [0.2, 0.25) is 10.0 Å². The molecule has 1 aromatic heterocycles. The molecule has 0 saturated carbocycles. The number of methoxy groups -OCH3 is 1. The Balaban J connectivity index is 2.18. The highest BCUT2D eigenvalue weighted by Crippen LogP contribution is 2.23. The van der Waals surface area contributed by atoms with E-state index in [2.05, 4.69) is 14.7 Å². The summed E-state index contributed by atoms with van der Waals surface area (Å²) in [5.74, 6) is 0.497. The van der Waals surface area contributed by atoms with E-state index in [1.165, 1.54) is 31.6 Å². The zero-order valence-electron chi connectivity index (χ0n) is 10.8. The van der Waals surface area contributed by atoms with Gasteiger partial charge >= 0.3 is 0 Å². The Morgan fingerprint density at radius 3 is 2.75 bits per heavy atom. The summed E-state index contributed by atoms with van der Waals surface area (Å²) in [6.07, 6.45) is 2.89. The zero-order valence-corrected chi connectivity index (χ0v) is 11.6. The first-order valence-corrected chi connectivity index (χ1v) is 7.19. The van der Waals surface area contributed by atoms with Crippen LogP contribution in [0.5, 0.6) is 5.75 Å². The first-order valence-electron chi connectivity index (χ1n) is 5.71. The summed E-state index contributed by atoms with van der Waals surface area (Å²) in [6.45, 7) is 0.0658. The number of hydrogen-bond donors (Lipinski definition) is 2. The molecule has 1 heterocycles. The quantitative estimate of drug-likeness (QED) is 0.780. The molecule has 20 heavy (non-hydrogen) atoms. The first kappa shape index (κ1) is 14.2. The summed E-state index contributed by atoms with van der Waals surface area (Å²) >= 11 is 0. The minimum atomic E-state index is -3.71. The van der Waals surface area contributed by atoms with Gasteiger partial charge in [-0.15, -0.1) is 0 Å². The summed E-state index contributed by atoms with van der Waals surface area (Å²) in [6, 6.07) is 6.02. The predicted molar refractivity (Wildman–Crippen MR) is 73.5 cm³/mol. The number of anilines is 1. The maximum Gasteiger partial charge on any atom is 0.242 e. The largest absolute Gasteiger partial charge is 0.497 e. The Bertz CT molecular complexity index is 689. The van der Waals surface area contributed by atoms with Crippen LogP contribution in [0.4, 0.5) is 5.69 Å². The van der Waals surface area contributed by atoms with E-state index in [1.54, 1.807) is 12.3 Å². The molecule has 0 spiro atoms. The summed E-state index contributed by atoms with van der Waals surface area (Å²) in [5.41, 5.74) is 6.42. The first-order chi connectivity index (χ1) is 9.53. The van der Waals surface area contributed by atoms with Crippen molar-refractivity contribution in [2.75, 3.05) is 12.8 Å². The average Bonchev–Trinajstić information content (AvgIpc) is 2.46. The molecule has 0 atom stereocenters. The molecule has 7 nitrogen and oxygen atoms in total. The fraction of sp³-hybridized carbons (Fsp3) is 0.167. The standard InChI is InChI=1S/C12H14N4O3S/c1-19-10-2-3-12(11(13)6-10)20(17,18)16-7-9-4-5-14-8-15-9/h2-6,8,16H,7,13H2,1H3. The summed E-state index contributed by atoms with van der Waals surface area (Å²) in [5, 5.41) is 0. The van der Waals surface area contributed by atoms with Crippen LogP contribution < -0.4 is 15.2 Å². The van der Waals surface area contributed by atoms with E-state index in [-0.39, 0.29) is 17.1 Å². The number of nitrogens with zero attached hydrogens (tertiary/aromatic N) is 2. The topological polar surface area (TPSA) is 107 Å². The van der Waals surface area contributed by atoms with Gasteiger partial charge in [0.25, 0.3) is 0 Å². The Kier molecular flexibility index (Phi) is 4.16. The minimum absolute atomic E-state index is 0.00681. The Labute approximate surface area is 116 Å². The smallest absolute Gasteiger partial charge is 0.242 e. The molecule has 3 N–H and O–H groups in total. The van der Waals surface area contributed by atoms with E-state index in [9.17, 15) is 8.42 Å². The third kappa shape index (κ3) is 3.22. The van der Waals surface area contributed by atoms with Crippen molar-refractivity contribution in [2.24, 2.45) is 0 Å². The lowest BCUT2D eigenvalue weighted by Crippen LogP contribution is -2.24. The third-order valence-corrected chi connectivity index (χ3v) is 4.07. The molecule has 8 heteroatoms. The van der Waals surface area contributed by atoms with E-state index >= 15 is 0 Å². The summed E-state index contributed by atoms with van der Waals surface area (Å²) in [4.78, 5) is 7.70. The second kappa shape index (κ2) is 5.85. The maximum absolute atomic E-state index is 12.2. The van der Waals surface area contributed by atoms with Gasteiger partial charge in [-0.2, -0.15) is 0 Å². The highest BCUT2D eigenvalue weighted by molar-refractivity contribution is 7.89. The van der Waals surface area contributed by atoms with Crippen molar-refractivity contribution in [3.63, 3.8) is 0 Å². The van der Waals surface area contributed by atoms with Gasteiger partial charge in [0.05, 0.1) is 25.0 Å². The lowest BCUT2D eigenvalue weighted by Gasteiger charge is -2.10. The van der Waals surface area contributed by atoms with E-state index in [0.29, 0.717) is 11.4 Å². The van der Waals surface area contributed by atoms with Crippen LogP contribution in [-0.2, 0) is 16.6 Å². The lowest BCUT2D eigenvalue weighted by molar-refractivity contribution is 0.414. The monoisotopic (exact) mass is 294 g/mol. The zero-order chi connectivity index (χ0) is 14.6. The van der Waals surface area contributed by atoms with Crippen LogP contribution >= 0.6 is 0 Å². The van der Waals surface area contributed by atoms with Crippen molar-refractivity contribution in [3.05, 3.63) is 42.5 Å². The van der Waals surface area contributed by atoms with Gasteiger partial charge < -0.3 is 10.5 Å². The van der Waals surface area contributed by atoms with E-state index in [1.807, 2.05) is 0 Å². The van der Waals surface area contributed by atoms with Gasteiger partial charge in [-0.25, -0.2) is 23.1 Å². The molecule has 0 aliphatic carbocycles. The Morgan fingerprint density at radius 2 is 2.15 bits per heavy atom.